The molecular formula is C19H27N5O. The monoisotopic (exact) mass is 341 g/mol. The molecule has 134 valence electrons. The first-order chi connectivity index (χ1) is 12.0. The first kappa shape index (κ1) is 16.5. The normalized spacial score (nSPS) is 24.0. The van der Waals surface area contributed by atoms with E-state index in [0.29, 0.717) is 5.92 Å². The molecule has 1 amide bonds. The largest absolute Gasteiger partial charge is 0.359 e. The van der Waals surface area contributed by atoms with Gasteiger partial charge in [-0.1, -0.05) is 0 Å². The lowest BCUT2D eigenvalue weighted by Crippen LogP contribution is -2.44. The maximum Gasteiger partial charge on any atom is 0.273 e. The lowest BCUT2D eigenvalue weighted by Gasteiger charge is -2.32. The van der Waals surface area contributed by atoms with Crippen LogP contribution in [0.5, 0.6) is 0 Å². The number of aryl methyl sites for hydroxylation is 1. The first-order valence-corrected chi connectivity index (χ1v) is 9.22. The average Bonchev–Trinajstić information content (AvgIpc) is 3.32. The van der Waals surface area contributed by atoms with Crippen molar-refractivity contribution in [2.24, 2.45) is 11.0 Å². The number of aromatic amines is 1. The predicted molar refractivity (Wildman–Crippen MR) is 99.3 cm³/mol. The number of carbonyl (C=O) groups is 1. The Morgan fingerprint density at radius 2 is 1.92 bits per heavy atom. The van der Waals surface area contributed by atoms with Gasteiger partial charge in [0.1, 0.15) is 0 Å². The van der Waals surface area contributed by atoms with E-state index >= 15 is 0 Å². The van der Waals surface area contributed by atoms with E-state index in [4.69, 9.17) is 0 Å². The summed E-state index contributed by atoms with van der Waals surface area (Å²) in [7, 11) is 2.18. The van der Waals surface area contributed by atoms with Gasteiger partial charge in [0, 0.05) is 50.0 Å². The Morgan fingerprint density at radius 3 is 2.60 bits per heavy atom. The molecule has 25 heavy (non-hydrogen) atoms. The van der Waals surface area contributed by atoms with Crippen LogP contribution < -0.4 is 5.43 Å². The van der Waals surface area contributed by atoms with Crippen LogP contribution in [0.4, 0.5) is 0 Å². The molecule has 6 nitrogen and oxygen atoms in total. The quantitative estimate of drug-likeness (QED) is 0.819. The number of rotatable bonds is 4. The van der Waals surface area contributed by atoms with E-state index < -0.39 is 0 Å². The second-order valence-corrected chi connectivity index (χ2v) is 7.62. The second kappa shape index (κ2) is 6.42. The summed E-state index contributed by atoms with van der Waals surface area (Å²) in [4.78, 5) is 20.5. The number of hydrogen-bond donors (Lipinski definition) is 2. The number of carbonyl (C=O) groups excluding carboxylic acids is 1. The molecule has 1 aliphatic carbocycles. The summed E-state index contributed by atoms with van der Waals surface area (Å²) in [5, 5.41) is 4.24. The fraction of sp³-hybridized carbons (Fsp3) is 0.579. The first-order valence-electron chi connectivity index (χ1n) is 9.22. The van der Waals surface area contributed by atoms with Crippen LogP contribution in [0.15, 0.2) is 10.7 Å². The molecular weight excluding hydrogens is 314 g/mol. The van der Waals surface area contributed by atoms with Gasteiger partial charge in [-0.15, -0.1) is 0 Å². The van der Waals surface area contributed by atoms with E-state index in [2.05, 4.69) is 46.2 Å². The number of nitrogens with one attached hydrogen (secondary N) is 2. The van der Waals surface area contributed by atoms with Crippen molar-refractivity contribution in [2.45, 2.75) is 33.2 Å². The van der Waals surface area contributed by atoms with E-state index in [9.17, 15) is 4.79 Å². The zero-order valence-electron chi connectivity index (χ0n) is 15.4. The highest BCUT2D eigenvalue weighted by Gasteiger charge is 2.36. The number of H-pyrrole nitrogens is 1. The average molecular weight is 341 g/mol. The number of piperazine rings is 1. The van der Waals surface area contributed by atoms with Crippen molar-refractivity contribution in [3.8, 4) is 0 Å². The molecule has 1 aromatic rings. The summed E-state index contributed by atoms with van der Waals surface area (Å²) in [6, 6.07) is 0. The minimum atomic E-state index is -0.0748. The maximum atomic E-state index is 12.2. The zero-order chi connectivity index (χ0) is 17.6. The van der Waals surface area contributed by atoms with Gasteiger partial charge in [0.25, 0.3) is 5.91 Å². The number of hydrazone groups is 1. The Bertz CT molecular complexity index is 748. The minimum Gasteiger partial charge on any atom is -0.359 e. The molecule has 4 rings (SSSR count). The van der Waals surface area contributed by atoms with Crippen LogP contribution in [-0.4, -0.2) is 59.6 Å². The van der Waals surface area contributed by atoms with Crippen LogP contribution in [0.3, 0.4) is 0 Å². The highest BCUT2D eigenvalue weighted by Crippen LogP contribution is 2.35. The fourth-order valence-corrected chi connectivity index (χ4v) is 3.73. The van der Waals surface area contributed by atoms with Crippen molar-refractivity contribution < 1.29 is 4.79 Å². The van der Waals surface area contributed by atoms with Crippen LogP contribution in [0.2, 0.25) is 0 Å². The van der Waals surface area contributed by atoms with Crippen LogP contribution in [0.1, 0.15) is 35.4 Å². The van der Waals surface area contributed by atoms with E-state index in [0.717, 1.165) is 62.5 Å². The molecule has 1 saturated heterocycles. The summed E-state index contributed by atoms with van der Waals surface area (Å²) < 4.78 is 0. The van der Waals surface area contributed by atoms with Crippen molar-refractivity contribution in [1.29, 1.82) is 0 Å². The smallest absolute Gasteiger partial charge is 0.273 e. The molecule has 0 spiro atoms. The number of hydrogen-bond acceptors (Lipinski definition) is 4. The molecule has 0 aromatic carbocycles. The highest BCUT2D eigenvalue weighted by atomic mass is 16.2. The third-order valence-corrected chi connectivity index (χ3v) is 5.66. The van der Waals surface area contributed by atoms with E-state index in [1.165, 1.54) is 16.8 Å². The Labute approximate surface area is 149 Å². The van der Waals surface area contributed by atoms with Gasteiger partial charge in [-0.3, -0.25) is 9.69 Å². The topological polar surface area (TPSA) is 63.7 Å². The maximum absolute atomic E-state index is 12.2. The lowest BCUT2D eigenvalue weighted by atomic mass is 10.0. The van der Waals surface area contributed by atoms with Crippen LogP contribution >= 0.6 is 0 Å². The van der Waals surface area contributed by atoms with Gasteiger partial charge in [0.2, 0.25) is 0 Å². The molecule has 3 aliphatic rings. The van der Waals surface area contributed by atoms with Crippen molar-refractivity contribution in [2.75, 3.05) is 33.2 Å². The Morgan fingerprint density at radius 1 is 1.20 bits per heavy atom. The number of amides is 1. The van der Waals surface area contributed by atoms with Gasteiger partial charge >= 0.3 is 0 Å². The molecule has 0 unspecified atom stereocenters. The third-order valence-electron chi connectivity index (χ3n) is 5.66. The van der Waals surface area contributed by atoms with E-state index in [-0.39, 0.29) is 5.91 Å². The van der Waals surface area contributed by atoms with Gasteiger partial charge in [-0.2, -0.15) is 5.10 Å². The van der Waals surface area contributed by atoms with E-state index in [1.807, 2.05) is 6.08 Å². The van der Waals surface area contributed by atoms with Gasteiger partial charge in [-0.25, -0.2) is 5.43 Å². The summed E-state index contributed by atoms with van der Waals surface area (Å²) in [5.74, 6) is 0.389. The highest BCUT2D eigenvalue weighted by molar-refractivity contribution is 6.28. The lowest BCUT2D eigenvalue weighted by molar-refractivity contribution is -0.116. The SMILES string of the molecule is Cc1[nH]c(/C=C2\C(=O)NN=C2C2CC2)c(C)c1CN1CCN(C)CC1. The molecule has 3 heterocycles. The third kappa shape index (κ3) is 3.28. The van der Waals surface area contributed by atoms with Crippen LogP contribution in [0, 0.1) is 19.8 Å². The Hall–Kier alpha value is -1.92. The summed E-state index contributed by atoms with van der Waals surface area (Å²) in [6.07, 6.45) is 4.28. The zero-order valence-corrected chi connectivity index (χ0v) is 15.4. The van der Waals surface area contributed by atoms with Crippen LogP contribution in [-0.2, 0) is 11.3 Å². The number of aromatic nitrogens is 1. The minimum absolute atomic E-state index is 0.0748. The molecule has 0 radical (unpaired) electrons. The molecule has 1 aromatic heterocycles. The fourth-order valence-electron chi connectivity index (χ4n) is 3.73. The molecule has 2 aliphatic heterocycles. The molecule has 1 saturated carbocycles. The molecule has 6 heteroatoms. The summed E-state index contributed by atoms with van der Waals surface area (Å²) in [5.41, 5.74) is 9.16. The second-order valence-electron chi connectivity index (χ2n) is 7.62. The van der Waals surface area contributed by atoms with Gasteiger partial charge in [0.15, 0.2) is 0 Å². The van der Waals surface area contributed by atoms with Gasteiger partial charge < -0.3 is 9.88 Å². The Kier molecular flexibility index (Phi) is 4.25. The van der Waals surface area contributed by atoms with Crippen molar-refractivity contribution in [3.05, 3.63) is 28.1 Å². The number of nitrogens with zero attached hydrogens (tertiary/aromatic N) is 3. The van der Waals surface area contributed by atoms with Crippen LogP contribution in [0.25, 0.3) is 6.08 Å². The van der Waals surface area contributed by atoms with Gasteiger partial charge in [0.05, 0.1) is 11.3 Å². The predicted octanol–water partition coefficient (Wildman–Crippen LogP) is 1.66. The standard InChI is InChI=1S/C19H27N5O/c1-12-16(11-24-8-6-23(3)7-9-24)13(2)20-17(12)10-15-18(14-4-5-14)21-22-19(15)25/h10,14,20H,4-9,11H2,1-3H3,(H,22,25)/b15-10-. The van der Waals surface area contributed by atoms with Crippen molar-refractivity contribution in [1.82, 2.24) is 20.2 Å². The van der Waals surface area contributed by atoms with Gasteiger partial charge in [-0.05, 0) is 50.9 Å². The number of likely N-dealkylation sites (N-methyl/N-ethyl adjacent to an activating group) is 1. The molecule has 2 fully saturated rings. The molecule has 0 bridgehead atoms. The Balaban J connectivity index is 1.56. The summed E-state index contributed by atoms with van der Waals surface area (Å²) in [6.45, 7) is 9.73. The van der Waals surface area contributed by atoms with E-state index in [1.54, 1.807) is 0 Å². The molecule has 0 atom stereocenters. The van der Waals surface area contributed by atoms with Crippen molar-refractivity contribution in [3.63, 3.8) is 0 Å². The molecule has 2 N–H and O–H groups in total. The summed E-state index contributed by atoms with van der Waals surface area (Å²) >= 11 is 0. The van der Waals surface area contributed by atoms with Crippen molar-refractivity contribution >= 4 is 17.7 Å².